The van der Waals surface area contributed by atoms with E-state index in [4.69, 9.17) is 0 Å². The molecule has 1 saturated heterocycles. The van der Waals surface area contributed by atoms with Crippen LogP contribution in [-0.2, 0) is 4.79 Å². The molecule has 80 valence electrons. The Hall–Kier alpha value is -1.31. The molecule has 1 aliphatic heterocycles. The van der Waals surface area contributed by atoms with Crippen molar-refractivity contribution in [2.75, 3.05) is 0 Å². The molecule has 0 radical (unpaired) electrons. The molecule has 0 aromatic heterocycles. The SMILES string of the molecule is Cc1ccc([C@@H]2CCCC(=O)N2)cc1C. The molecule has 0 aliphatic carbocycles. The molecule has 1 amide bonds. The summed E-state index contributed by atoms with van der Waals surface area (Å²) in [6.07, 6.45) is 2.75. The van der Waals surface area contributed by atoms with E-state index in [1.54, 1.807) is 0 Å². The summed E-state index contributed by atoms with van der Waals surface area (Å²) in [5, 5.41) is 3.04. The van der Waals surface area contributed by atoms with E-state index in [9.17, 15) is 4.79 Å². The number of aryl methyl sites for hydroxylation is 2. The van der Waals surface area contributed by atoms with Crippen LogP contribution in [0.5, 0.6) is 0 Å². The molecule has 2 heteroatoms. The topological polar surface area (TPSA) is 29.1 Å². The second kappa shape index (κ2) is 4.05. The zero-order chi connectivity index (χ0) is 10.8. The van der Waals surface area contributed by atoms with Crippen LogP contribution in [0, 0.1) is 13.8 Å². The first kappa shape index (κ1) is 10.2. The van der Waals surface area contributed by atoms with E-state index in [0.717, 1.165) is 12.8 Å². The van der Waals surface area contributed by atoms with Crippen LogP contribution >= 0.6 is 0 Å². The molecule has 0 saturated carbocycles. The first-order chi connectivity index (χ1) is 7.16. The van der Waals surface area contributed by atoms with Gasteiger partial charge in [0.05, 0.1) is 6.04 Å². The minimum absolute atomic E-state index is 0.185. The van der Waals surface area contributed by atoms with Crippen molar-refractivity contribution in [2.45, 2.75) is 39.2 Å². The number of amides is 1. The smallest absolute Gasteiger partial charge is 0.220 e. The summed E-state index contributed by atoms with van der Waals surface area (Å²) < 4.78 is 0. The van der Waals surface area contributed by atoms with Gasteiger partial charge in [-0.15, -0.1) is 0 Å². The fourth-order valence-corrected chi connectivity index (χ4v) is 2.04. The molecule has 0 bridgehead atoms. The monoisotopic (exact) mass is 203 g/mol. The van der Waals surface area contributed by atoms with Crippen molar-refractivity contribution in [1.82, 2.24) is 5.32 Å². The lowest BCUT2D eigenvalue weighted by atomic mass is 9.95. The summed E-state index contributed by atoms with van der Waals surface area (Å²) >= 11 is 0. The fraction of sp³-hybridized carbons (Fsp3) is 0.462. The maximum Gasteiger partial charge on any atom is 0.220 e. The van der Waals surface area contributed by atoms with Crippen LogP contribution < -0.4 is 5.32 Å². The third-order valence-electron chi connectivity index (χ3n) is 3.17. The van der Waals surface area contributed by atoms with E-state index in [1.165, 1.54) is 16.7 Å². The van der Waals surface area contributed by atoms with Crippen LogP contribution in [0.4, 0.5) is 0 Å². The normalized spacial score (nSPS) is 21.2. The minimum atomic E-state index is 0.185. The Morgan fingerprint density at radius 3 is 2.73 bits per heavy atom. The largest absolute Gasteiger partial charge is 0.349 e. The molecule has 0 spiro atoms. The highest BCUT2D eigenvalue weighted by molar-refractivity contribution is 5.77. The number of piperidine rings is 1. The number of rotatable bonds is 1. The van der Waals surface area contributed by atoms with Crippen molar-refractivity contribution in [3.8, 4) is 0 Å². The Morgan fingerprint density at radius 1 is 1.27 bits per heavy atom. The van der Waals surface area contributed by atoms with Crippen LogP contribution in [0.2, 0.25) is 0 Å². The number of hydrogen-bond acceptors (Lipinski definition) is 1. The number of benzene rings is 1. The van der Waals surface area contributed by atoms with E-state index in [0.29, 0.717) is 6.42 Å². The Morgan fingerprint density at radius 2 is 2.07 bits per heavy atom. The summed E-state index contributed by atoms with van der Waals surface area (Å²) in [5.41, 5.74) is 3.85. The lowest BCUT2D eigenvalue weighted by Gasteiger charge is -2.24. The highest BCUT2D eigenvalue weighted by Crippen LogP contribution is 2.24. The highest BCUT2D eigenvalue weighted by atomic mass is 16.1. The number of nitrogens with one attached hydrogen (secondary N) is 1. The first-order valence-corrected chi connectivity index (χ1v) is 5.53. The average Bonchev–Trinajstić information content (AvgIpc) is 2.22. The van der Waals surface area contributed by atoms with Gasteiger partial charge in [-0.2, -0.15) is 0 Å². The standard InChI is InChI=1S/C13H17NO/c1-9-6-7-11(8-10(9)2)12-4-3-5-13(15)14-12/h6-8,12H,3-5H2,1-2H3,(H,14,15)/t12-/m0/s1. The molecule has 15 heavy (non-hydrogen) atoms. The molecule has 1 heterocycles. The van der Waals surface area contributed by atoms with Gasteiger partial charge in [-0.1, -0.05) is 18.2 Å². The van der Waals surface area contributed by atoms with Crippen LogP contribution in [0.1, 0.15) is 42.0 Å². The van der Waals surface area contributed by atoms with Crippen LogP contribution in [0.3, 0.4) is 0 Å². The predicted molar refractivity (Wildman–Crippen MR) is 60.7 cm³/mol. The second-order valence-corrected chi connectivity index (χ2v) is 4.36. The van der Waals surface area contributed by atoms with Crippen molar-refractivity contribution >= 4 is 5.91 Å². The fourth-order valence-electron chi connectivity index (χ4n) is 2.04. The van der Waals surface area contributed by atoms with E-state index < -0.39 is 0 Å². The van der Waals surface area contributed by atoms with Crippen molar-refractivity contribution in [3.63, 3.8) is 0 Å². The lowest BCUT2D eigenvalue weighted by molar-refractivity contribution is -0.123. The van der Waals surface area contributed by atoms with Crippen molar-refractivity contribution < 1.29 is 4.79 Å². The minimum Gasteiger partial charge on any atom is -0.349 e. The van der Waals surface area contributed by atoms with Gasteiger partial charge in [0.25, 0.3) is 0 Å². The van der Waals surface area contributed by atoms with Crippen molar-refractivity contribution in [1.29, 1.82) is 0 Å². The second-order valence-electron chi connectivity index (χ2n) is 4.36. The summed E-state index contributed by atoms with van der Waals surface area (Å²) in [7, 11) is 0. The predicted octanol–water partition coefficient (Wildman–Crippen LogP) is 2.64. The third kappa shape index (κ3) is 2.20. The maximum absolute atomic E-state index is 11.3. The first-order valence-electron chi connectivity index (χ1n) is 5.53. The van der Waals surface area contributed by atoms with Crippen LogP contribution in [0.25, 0.3) is 0 Å². The van der Waals surface area contributed by atoms with Gasteiger partial charge in [0.15, 0.2) is 0 Å². The zero-order valence-corrected chi connectivity index (χ0v) is 9.34. The molecule has 2 rings (SSSR count). The molecule has 0 unspecified atom stereocenters. The number of hydrogen-bond donors (Lipinski definition) is 1. The van der Waals surface area contributed by atoms with Gasteiger partial charge in [0, 0.05) is 6.42 Å². The highest BCUT2D eigenvalue weighted by Gasteiger charge is 2.19. The zero-order valence-electron chi connectivity index (χ0n) is 9.34. The van der Waals surface area contributed by atoms with Crippen LogP contribution in [0.15, 0.2) is 18.2 Å². The van der Waals surface area contributed by atoms with Gasteiger partial charge in [0.1, 0.15) is 0 Å². The van der Waals surface area contributed by atoms with Crippen molar-refractivity contribution in [2.24, 2.45) is 0 Å². The molecular formula is C13H17NO. The lowest BCUT2D eigenvalue weighted by Crippen LogP contribution is -2.32. The third-order valence-corrected chi connectivity index (χ3v) is 3.17. The van der Waals surface area contributed by atoms with Gasteiger partial charge >= 0.3 is 0 Å². The summed E-state index contributed by atoms with van der Waals surface area (Å²) in [5.74, 6) is 0.185. The molecule has 1 aromatic rings. The Kier molecular flexibility index (Phi) is 2.76. The summed E-state index contributed by atoms with van der Waals surface area (Å²) in [6.45, 7) is 4.22. The van der Waals surface area contributed by atoms with E-state index in [1.807, 2.05) is 0 Å². The van der Waals surface area contributed by atoms with E-state index >= 15 is 0 Å². The van der Waals surface area contributed by atoms with Crippen LogP contribution in [-0.4, -0.2) is 5.91 Å². The van der Waals surface area contributed by atoms with Gasteiger partial charge in [-0.3, -0.25) is 4.79 Å². The molecule has 2 nitrogen and oxygen atoms in total. The van der Waals surface area contributed by atoms with Gasteiger partial charge in [0.2, 0.25) is 5.91 Å². The van der Waals surface area contributed by atoms with E-state index in [-0.39, 0.29) is 11.9 Å². The number of carbonyl (C=O) groups excluding carboxylic acids is 1. The van der Waals surface area contributed by atoms with Gasteiger partial charge in [-0.05, 0) is 43.4 Å². The molecule has 1 atom stereocenters. The van der Waals surface area contributed by atoms with E-state index in [2.05, 4.69) is 37.4 Å². The molecule has 1 aliphatic rings. The summed E-state index contributed by atoms with van der Waals surface area (Å²) in [6, 6.07) is 6.67. The molecule has 1 fully saturated rings. The Balaban J connectivity index is 2.21. The maximum atomic E-state index is 11.3. The quantitative estimate of drug-likeness (QED) is 0.747. The molecule has 1 aromatic carbocycles. The van der Waals surface area contributed by atoms with Gasteiger partial charge in [-0.25, -0.2) is 0 Å². The molecular weight excluding hydrogens is 186 g/mol. The summed E-state index contributed by atoms with van der Waals surface area (Å²) in [4.78, 5) is 11.3. The number of carbonyl (C=O) groups is 1. The Labute approximate surface area is 90.7 Å². The Bertz CT molecular complexity index is 384. The molecule has 1 N–H and O–H groups in total. The average molecular weight is 203 g/mol. The van der Waals surface area contributed by atoms with Gasteiger partial charge < -0.3 is 5.32 Å². The van der Waals surface area contributed by atoms with Crippen molar-refractivity contribution in [3.05, 3.63) is 34.9 Å².